The van der Waals surface area contributed by atoms with E-state index in [1.54, 1.807) is 6.92 Å². The third-order valence-electron chi connectivity index (χ3n) is 3.46. The number of hydrogen-bond donors (Lipinski definition) is 4. The smallest absolute Gasteiger partial charge is 0.187 e. The Labute approximate surface area is 117 Å². The van der Waals surface area contributed by atoms with Gasteiger partial charge >= 0.3 is 0 Å². The summed E-state index contributed by atoms with van der Waals surface area (Å²) in [5.41, 5.74) is 0.893. The second kappa shape index (κ2) is 6.62. The Morgan fingerprint density at radius 1 is 1.10 bits per heavy atom. The van der Waals surface area contributed by atoms with Crippen LogP contribution < -0.4 is 0 Å². The normalized spacial score (nSPS) is 35.8. The maximum atomic E-state index is 9.88. The van der Waals surface area contributed by atoms with E-state index >= 15 is 0 Å². The zero-order valence-electron chi connectivity index (χ0n) is 11.2. The summed E-state index contributed by atoms with van der Waals surface area (Å²) in [5.74, 6) is 0. The van der Waals surface area contributed by atoms with E-state index in [1.807, 2.05) is 30.3 Å². The number of aliphatic hydroxyl groups excluding tert-OH is 4. The molecule has 0 spiro atoms. The molecule has 1 aliphatic rings. The van der Waals surface area contributed by atoms with E-state index in [0.29, 0.717) is 0 Å². The molecule has 20 heavy (non-hydrogen) atoms. The molecule has 0 bridgehead atoms. The SMILES string of the molecule is C[C@@H](O[C@@H]1O[C@H](CO)[C@@H](O)[C@H](O)[C@H]1O)c1ccccc1. The topological polar surface area (TPSA) is 99.4 Å². The fourth-order valence-electron chi connectivity index (χ4n) is 2.18. The first-order chi connectivity index (χ1) is 9.54. The average molecular weight is 284 g/mol. The summed E-state index contributed by atoms with van der Waals surface area (Å²) in [4.78, 5) is 0. The second-order valence-electron chi connectivity index (χ2n) is 4.89. The van der Waals surface area contributed by atoms with Crippen molar-refractivity contribution in [2.24, 2.45) is 0 Å². The van der Waals surface area contributed by atoms with E-state index in [0.717, 1.165) is 5.56 Å². The Morgan fingerprint density at radius 3 is 2.35 bits per heavy atom. The molecule has 6 nitrogen and oxygen atoms in total. The summed E-state index contributed by atoms with van der Waals surface area (Å²) >= 11 is 0. The van der Waals surface area contributed by atoms with Gasteiger partial charge in [-0.05, 0) is 12.5 Å². The molecule has 6 atom stereocenters. The maximum Gasteiger partial charge on any atom is 0.187 e. The van der Waals surface area contributed by atoms with Gasteiger partial charge in [0, 0.05) is 0 Å². The molecule has 1 aliphatic heterocycles. The minimum Gasteiger partial charge on any atom is -0.394 e. The van der Waals surface area contributed by atoms with Crippen molar-refractivity contribution in [2.45, 2.75) is 43.7 Å². The van der Waals surface area contributed by atoms with Crippen molar-refractivity contribution < 1.29 is 29.9 Å². The first-order valence-corrected chi connectivity index (χ1v) is 6.55. The molecule has 0 aromatic heterocycles. The molecule has 4 N–H and O–H groups in total. The highest BCUT2D eigenvalue weighted by Crippen LogP contribution is 2.26. The van der Waals surface area contributed by atoms with Gasteiger partial charge in [-0.25, -0.2) is 0 Å². The van der Waals surface area contributed by atoms with Crippen LogP contribution in [0.3, 0.4) is 0 Å². The summed E-state index contributed by atoms with van der Waals surface area (Å²) in [6.07, 6.45) is -6.60. The largest absolute Gasteiger partial charge is 0.394 e. The number of rotatable bonds is 4. The summed E-state index contributed by atoms with van der Waals surface area (Å²) in [5, 5.41) is 38.3. The molecule has 2 rings (SSSR count). The number of aliphatic hydroxyl groups is 4. The summed E-state index contributed by atoms with van der Waals surface area (Å²) < 4.78 is 10.9. The zero-order chi connectivity index (χ0) is 14.7. The zero-order valence-corrected chi connectivity index (χ0v) is 11.2. The van der Waals surface area contributed by atoms with Gasteiger partial charge in [-0.2, -0.15) is 0 Å². The summed E-state index contributed by atoms with van der Waals surface area (Å²) in [7, 11) is 0. The summed E-state index contributed by atoms with van der Waals surface area (Å²) in [6, 6.07) is 9.35. The Balaban J connectivity index is 2.04. The van der Waals surface area contributed by atoms with E-state index < -0.39 is 37.3 Å². The lowest BCUT2D eigenvalue weighted by molar-refractivity contribution is -0.311. The predicted octanol–water partition coefficient (Wildman–Crippen LogP) is -0.436. The van der Waals surface area contributed by atoms with E-state index in [-0.39, 0.29) is 6.10 Å². The van der Waals surface area contributed by atoms with Crippen LogP contribution >= 0.6 is 0 Å². The molecule has 0 unspecified atom stereocenters. The van der Waals surface area contributed by atoms with Crippen molar-refractivity contribution >= 4 is 0 Å². The van der Waals surface area contributed by atoms with E-state index in [2.05, 4.69) is 0 Å². The van der Waals surface area contributed by atoms with Crippen LogP contribution in [0.15, 0.2) is 30.3 Å². The minimum atomic E-state index is -1.42. The molecule has 0 amide bonds. The number of ether oxygens (including phenoxy) is 2. The molecule has 0 radical (unpaired) electrons. The molecule has 1 aromatic carbocycles. The van der Waals surface area contributed by atoms with Crippen LogP contribution in [0, 0.1) is 0 Å². The Hall–Kier alpha value is -1.02. The highest BCUT2D eigenvalue weighted by Gasteiger charge is 2.44. The Morgan fingerprint density at radius 2 is 1.75 bits per heavy atom. The van der Waals surface area contributed by atoms with E-state index in [1.165, 1.54) is 0 Å². The van der Waals surface area contributed by atoms with Gasteiger partial charge in [-0.15, -0.1) is 0 Å². The quantitative estimate of drug-likeness (QED) is 0.598. The summed E-state index contributed by atoms with van der Waals surface area (Å²) in [6.45, 7) is 1.32. The molecule has 0 aliphatic carbocycles. The highest BCUT2D eigenvalue weighted by molar-refractivity contribution is 5.16. The predicted molar refractivity (Wildman–Crippen MR) is 69.7 cm³/mol. The van der Waals surface area contributed by atoms with Crippen molar-refractivity contribution in [3.8, 4) is 0 Å². The number of hydrogen-bond acceptors (Lipinski definition) is 6. The lowest BCUT2D eigenvalue weighted by Crippen LogP contribution is -2.59. The first-order valence-electron chi connectivity index (χ1n) is 6.55. The Bertz CT molecular complexity index is 409. The van der Waals surface area contributed by atoms with Crippen LogP contribution in [-0.4, -0.2) is 57.7 Å². The standard InChI is InChI=1S/C14H20O6/c1-8(9-5-3-2-4-6-9)19-14-13(18)12(17)11(16)10(7-15)20-14/h2-6,8,10-18H,7H2,1H3/t8-,10-,11-,12+,13-,14-/m1/s1. The van der Waals surface area contributed by atoms with Gasteiger partial charge in [-0.1, -0.05) is 30.3 Å². The second-order valence-corrected chi connectivity index (χ2v) is 4.89. The van der Waals surface area contributed by atoms with Crippen molar-refractivity contribution in [1.82, 2.24) is 0 Å². The highest BCUT2D eigenvalue weighted by atomic mass is 16.7. The van der Waals surface area contributed by atoms with Gasteiger partial charge in [-0.3, -0.25) is 0 Å². The van der Waals surface area contributed by atoms with Gasteiger partial charge in [0.2, 0.25) is 0 Å². The van der Waals surface area contributed by atoms with E-state index in [4.69, 9.17) is 14.6 Å². The lowest BCUT2D eigenvalue weighted by Gasteiger charge is -2.40. The van der Waals surface area contributed by atoms with Crippen molar-refractivity contribution in [2.75, 3.05) is 6.61 Å². The molecule has 112 valence electrons. The minimum absolute atomic E-state index is 0.363. The van der Waals surface area contributed by atoms with Crippen LogP contribution in [0.5, 0.6) is 0 Å². The van der Waals surface area contributed by atoms with E-state index in [9.17, 15) is 15.3 Å². The van der Waals surface area contributed by atoms with Crippen LogP contribution in [0.1, 0.15) is 18.6 Å². The average Bonchev–Trinajstić information content (AvgIpc) is 2.48. The van der Waals surface area contributed by atoms with Crippen molar-refractivity contribution in [1.29, 1.82) is 0 Å². The van der Waals surface area contributed by atoms with Gasteiger partial charge in [0.05, 0.1) is 12.7 Å². The number of benzene rings is 1. The molecule has 1 fully saturated rings. The molecule has 1 saturated heterocycles. The fraction of sp³-hybridized carbons (Fsp3) is 0.571. The first kappa shape index (κ1) is 15.4. The molecule has 6 heteroatoms. The maximum absolute atomic E-state index is 9.88. The molecular weight excluding hydrogens is 264 g/mol. The van der Waals surface area contributed by atoms with Crippen LogP contribution in [0.25, 0.3) is 0 Å². The third kappa shape index (κ3) is 3.17. The Kier molecular flexibility index (Phi) is 5.09. The fourth-order valence-corrected chi connectivity index (χ4v) is 2.18. The van der Waals surface area contributed by atoms with Gasteiger partial charge in [0.1, 0.15) is 24.4 Å². The van der Waals surface area contributed by atoms with Crippen LogP contribution in [0.2, 0.25) is 0 Å². The molecular formula is C14H20O6. The molecule has 1 heterocycles. The lowest BCUT2D eigenvalue weighted by atomic mass is 9.99. The van der Waals surface area contributed by atoms with Crippen LogP contribution in [0.4, 0.5) is 0 Å². The van der Waals surface area contributed by atoms with Gasteiger partial charge in [0.25, 0.3) is 0 Å². The van der Waals surface area contributed by atoms with Gasteiger partial charge in [0.15, 0.2) is 6.29 Å². The molecule has 1 aromatic rings. The van der Waals surface area contributed by atoms with Gasteiger partial charge < -0.3 is 29.9 Å². The van der Waals surface area contributed by atoms with Crippen molar-refractivity contribution in [3.63, 3.8) is 0 Å². The third-order valence-corrected chi connectivity index (χ3v) is 3.46. The van der Waals surface area contributed by atoms with Crippen LogP contribution in [-0.2, 0) is 9.47 Å². The molecule has 0 saturated carbocycles. The monoisotopic (exact) mass is 284 g/mol. The van der Waals surface area contributed by atoms with Crippen molar-refractivity contribution in [3.05, 3.63) is 35.9 Å².